The second-order valence-corrected chi connectivity index (χ2v) is 9.69. The number of carbonyl (C=O) groups excluding carboxylic acids is 1. The monoisotopic (exact) mass is 510 g/mol. The molecule has 35 heavy (non-hydrogen) atoms. The van der Waals surface area contributed by atoms with Gasteiger partial charge in [-0.1, -0.05) is 12.1 Å². The van der Waals surface area contributed by atoms with Crippen molar-refractivity contribution in [1.82, 2.24) is 19.8 Å². The number of rotatable bonds is 5. The predicted molar refractivity (Wildman–Crippen MR) is 125 cm³/mol. The number of amides is 1. The van der Waals surface area contributed by atoms with Gasteiger partial charge in [0.2, 0.25) is 0 Å². The van der Waals surface area contributed by atoms with Crippen LogP contribution in [0.4, 0.5) is 13.2 Å². The second kappa shape index (κ2) is 11.0. The summed E-state index contributed by atoms with van der Waals surface area (Å²) in [4.78, 5) is 47.8. The summed E-state index contributed by atoms with van der Waals surface area (Å²) in [6, 6.07) is 11.6. The van der Waals surface area contributed by atoms with Gasteiger partial charge in [0.25, 0.3) is 11.5 Å². The third kappa shape index (κ3) is 7.12. The molecule has 0 spiro atoms. The number of para-hydroxylation sites is 2. The molecule has 0 saturated carbocycles. The van der Waals surface area contributed by atoms with Gasteiger partial charge in [-0.25, -0.2) is 9.78 Å². The van der Waals surface area contributed by atoms with Crippen LogP contribution in [-0.4, -0.2) is 69.6 Å². The van der Waals surface area contributed by atoms with Gasteiger partial charge in [0.1, 0.15) is 0 Å². The Morgan fingerprint density at radius 3 is 2.57 bits per heavy atom. The molecule has 188 valence electrons. The molecule has 1 aliphatic heterocycles. The molecule has 4 rings (SSSR count). The Labute approximate surface area is 203 Å². The number of fused-ring (bicyclic) bond motifs is 1. The molecule has 1 fully saturated rings. The summed E-state index contributed by atoms with van der Waals surface area (Å²) < 4.78 is 31.7. The Morgan fingerprint density at radius 1 is 1.26 bits per heavy atom. The molecule has 2 aromatic heterocycles. The molecule has 1 aromatic carbocycles. The van der Waals surface area contributed by atoms with Crippen LogP contribution >= 0.6 is 11.3 Å². The minimum atomic E-state index is -5.08. The van der Waals surface area contributed by atoms with Crippen molar-refractivity contribution in [2.45, 2.75) is 26.1 Å². The Hall–Kier alpha value is -3.25. The lowest BCUT2D eigenvalue weighted by atomic mass is 10.1. The molecule has 2 N–H and O–H groups in total. The molecule has 3 heterocycles. The maximum absolute atomic E-state index is 12.8. The van der Waals surface area contributed by atoms with Gasteiger partial charge in [-0.2, -0.15) is 13.2 Å². The Morgan fingerprint density at radius 2 is 1.94 bits per heavy atom. The zero-order chi connectivity index (χ0) is 25.8. The number of halogens is 3. The summed E-state index contributed by atoms with van der Waals surface area (Å²) in [5.74, 6) is -2.67. The summed E-state index contributed by atoms with van der Waals surface area (Å²) in [6.45, 7) is 5.74. The highest BCUT2D eigenvalue weighted by Crippen LogP contribution is 2.23. The van der Waals surface area contributed by atoms with Crippen molar-refractivity contribution >= 4 is 34.2 Å². The second-order valence-electron chi connectivity index (χ2n) is 8.32. The average molecular weight is 511 g/mol. The lowest BCUT2D eigenvalue weighted by Gasteiger charge is -2.21. The minimum absolute atomic E-state index is 0.0369. The Bertz CT molecular complexity index is 1260. The highest BCUT2D eigenvalue weighted by molar-refractivity contribution is 7.11. The van der Waals surface area contributed by atoms with Crippen LogP contribution < -0.4 is 5.56 Å². The van der Waals surface area contributed by atoms with Gasteiger partial charge >= 0.3 is 12.1 Å². The number of aromatic amines is 1. The van der Waals surface area contributed by atoms with Gasteiger partial charge in [-0.15, -0.1) is 11.3 Å². The van der Waals surface area contributed by atoms with Crippen LogP contribution in [-0.2, 0) is 11.3 Å². The molecule has 8 nitrogen and oxygen atoms in total. The number of carboxylic acid groups (broad SMARTS) is 1. The quantitative estimate of drug-likeness (QED) is 0.544. The van der Waals surface area contributed by atoms with E-state index in [4.69, 9.17) is 9.90 Å². The smallest absolute Gasteiger partial charge is 0.475 e. The number of nitrogens with one attached hydrogen (secondary N) is 1. The van der Waals surface area contributed by atoms with E-state index in [1.165, 1.54) is 9.75 Å². The van der Waals surface area contributed by atoms with E-state index in [0.29, 0.717) is 23.5 Å². The molecule has 12 heteroatoms. The van der Waals surface area contributed by atoms with Crippen molar-refractivity contribution < 1.29 is 27.9 Å². The number of H-pyrrole nitrogens is 1. The number of benzene rings is 1. The van der Waals surface area contributed by atoms with Crippen LogP contribution in [0.25, 0.3) is 11.0 Å². The molecular formula is C23H25F3N4O4S. The molecule has 0 radical (unpaired) electrons. The fourth-order valence-corrected chi connectivity index (χ4v) is 4.75. The lowest BCUT2D eigenvalue weighted by Crippen LogP contribution is -2.36. The topological polar surface area (TPSA) is 107 Å². The van der Waals surface area contributed by atoms with Crippen LogP contribution in [0.5, 0.6) is 0 Å². The highest BCUT2D eigenvalue weighted by atomic mass is 32.1. The maximum atomic E-state index is 12.8. The van der Waals surface area contributed by atoms with E-state index in [1.54, 1.807) is 24.1 Å². The van der Waals surface area contributed by atoms with Crippen LogP contribution in [0.1, 0.15) is 26.7 Å². The molecule has 1 aliphatic rings. The zero-order valence-electron chi connectivity index (χ0n) is 19.1. The van der Waals surface area contributed by atoms with Crippen molar-refractivity contribution in [3.05, 3.63) is 62.2 Å². The fraction of sp³-hybridized carbons (Fsp3) is 0.391. The molecule has 1 saturated heterocycles. The number of carbonyl (C=O) groups is 2. The van der Waals surface area contributed by atoms with Gasteiger partial charge in [0, 0.05) is 36.4 Å². The number of hydrogen-bond acceptors (Lipinski definition) is 6. The summed E-state index contributed by atoms with van der Waals surface area (Å²) in [5, 5.41) is 7.12. The van der Waals surface area contributed by atoms with Gasteiger partial charge in [-0.3, -0.25) is 14.5 Å². The molecular weight excluding hydrogens is 485 g/mol. The summed E-state index contributed by atoms with van der Waals surface area (Å²) in [7, 11) is 1.75. The molecule has 0 bridgehead atoms. The summed E-state index contributed by atoms with van der Waals surface area (Å²) in [5.41, 5.74) is 0.792. The standard InChI is InChI=1S/C21H24N4O2S.C2HF3O2/c1-14-7-8-16(28-14)13-25-10-9-15(12-25)11-24(2)21(27)19-20(26)23-18-6-4-3-5-17(18)22-19;3-2(4,5)1(6)7/h3-8,15H,9-13H2,1-2H3,(H,23,26);(H,6,7). The number of alkyl halides is 3. The molecule has 1 atom stereocenters. The van der Waals surface area contributed by atoms with E-state index in [0.717, 1.165) is 26.1 Å². The number of carboxylic acids is 1. The van der Waals surface area contributed by atoms with Crippen molar-refractivity contribution in [1.29, 1.82) is 0 Å². The van der Waals surface area contributed by atoms with E-state index in [1.807, 2.05) is 23.5 Å². The number of likely N-dealkylation sites (tertiary alicyclic amines) is 1. The molecule has 3 aromatic rings. The van der Waals surface area contributed by atoms with Crippen molar-refractivity contribution in [2.24, 2.45) is 5.92 Å². The van der Waals surface area contributed by atoms with E-state index < -0.39 is 17.7 Å². The van der Waals surface area contributed by atoms with E-state index >= 15 is 0 Å². The SMILES string of the molecule is Cc1ccc(CN2CCC(CN(C)C(=O)c3nc4ccccc4[nH]c3=O)C2)s1.O=C(O)C(F)(F)F. The van der Waals surface area contributed by atoms with Crippen LogP contribution in [0.2, 0.25) is 0 Å². The zero-order valence-corrected chi connectivity index (χ0v) is 19.9. The lowest BCUT2D eigenvalue weighted by molar-refractivity contribution is -0.192. The number of aryl methyl sites for hydroxylation is 1. The van der Waals surface area contributed by atoms with E-state index in [2.05, 4.69) is 33.9 Å². The number of nitrogens with zero attached hydrogens (tertiary/aromatic N) is 3. The highest BCUT2D eigenvalue weighted by Gasteiger charge is 2.38. The van der Waals surface area contributed by atoms with E-state index in [9.17, 15) is 22.8 Å². The average Bonchev–Trinajstić information content (AvgIpc) is 3.41. The first-order chi connectivity index (χ1) is 16.4. The van der Waals surface area contributed by atoms with Gasteiger partial charge in [-0.05, 0) is 50.1 Å². The summed E-state index contributed by atoms with van der Waals surface area (Å²) >= 11 is 1.84. The third-order valence-electron chi connectivity index (χ3n) is 5.47. The number of aromatic nitrogens is 2. The number of hydrogen-bond donors (Lipinski definition) is 2. The maximum Gasteiger partial charge on any atom is 0.490 e. The fourth-order valence-electron chi connectivity index (χ4n) is 3.82. The largest absolute Gasteiger partial charge is 0.490 e. The van der Waals surface area contributed by atoms with Gasteiger partial charge in [0.15, 0.2) is 5.69 Å². The predicted octanol–water partition coefficient (Wildman–Crippen LogP) is 3.52. The normalized spacial score (nSPS) is 16.1. The van der Waals surface area contributed by atoms with Crippen molar-refractivity contribution in [2.75, 3.05) is 26.7 Å². The molecule has 1 unspecified atom stereocenters. The third-order valence-corrected chi connectivity index (χ3v) is 6.45. The van der Waals surface area contributed by atoms with E-state index in [-0.39, 0.29) is 11.6 Å². The Kier molecular flexibility index (Phi) is 8.28. The van der Waals surface area contributed by atoms with Crippen LogP contribution in [0.15, 0.2) is 41.2 Å². The van der Waals surface area contributed by atoms with Crippen molar-refractivity contribution in [3.8, 4) is 0 Å². The van der Waals surface area contributed by atoms with Gasteiger partial charge < -0.3 is 15.0 Å². The van der Waals surface area contributed by atoms with Gasteiger partial charge in [0.05, 0.1) is 11.0 Å². The van der Waals surface area contributed by atoms with Crippen molar-refractivity contribution in [3.63, 3.8) is 0 Å². The first-order valence-corrected chi connectivity index (χ1v) is 11.6. The van der Waals surface area contributed by atoms with Crippen LogP contribution in [0.3, 0.4) is 0 Å². The molecule has 1 amide bonds. The minimum Gasteiger partial charge on any atom is -0.475 e. The molecule has 0 aliphatic carbocycles. The number of aliphatic carboxylic acids is 1. The first-order valence-electron chi connectivity index (χ1n) is 10.8. The summed E-state index contributed by atoms with van der Waals surface area (Å²) in [6.07, 6.45) is -4.02. The first kappa shape index (κ1) is 26.4. The number of thiophene rings is 1. The Balaban J connectivity index is 0.000000429. The van der Waals surface area contributed by atoms with Crippen LogP contribution in [0, 0.1) is 12.8 Å².